The second-order valence-corrected chi connectivity index (χ2v) is 5.44. The molecule has 1 aliphatic rings. The summed E-state index contributed by atoms with van der Waals surface area (Å²) in [6.45, 7) is 6.85. The topological polar surface area (TPSA) is 29.3 Å². The summed E-state index contributed by atoms with van der Waals surface area (Å²) in [5, 5.41) is 0. The molecule has 1 aromatic rings. The zero-order valence-electron chi connectivity index (χ0n) is 11.7. The predicted molar refractivity (Wildman–Crippen MR) is 78.9 cm³/mol. The van der Waals surface area contributed by atoms with Gasteiger partial charge in [-0.3, -0.25) is 0 Å². The van der Waals surface area contributed by atoms with Gasteiger partial charge in [0.05, 0.1) is 0 Å². The van der Waals surface area contributed by atoms with Crippen molar-refractivity contribution in [2.24, 2.45) is 11.7 Å². The van der Waals surface area contributed by atoms with Crippen LogP contribution in [0.3, 0.4) is 0 Å². The van der Waals surface area contributed by atoms with Crippen molar-refractivity contribution in [1.29, 1.82) is 0 Å². The Hall–Kier alpha value is -1.02. The van der Waals surface area contributed by atoms with Gasteiger partial charge in [-0.1, -0.05) is 32.4 Å². The summed E-state index contributed by atoms with van der Waals surface area (Å²) < 4.78 is 0. The first kappa shape index (κ1) is 13.4. The molecule has 2 heteroatoms. The van der Waals surface area contributed by atoms with Crippen LogP contribution in [0.2, 0.25) is 0 Å². The number of benzene rings is 1. The van der Waals surface area contributed by atoms with Crippen molar-refractivity contribution in [3.8, 4) is 0 Å². The Labute approximate surface area is 111 Å². The van der Waals surface area contributed by atoms with Crippen molar-refractivity contribution in [1.82, 2.24) is 0 Å². The minimum Gasteiger partial charge on any atom is -0.372 e. The molecule has 0 amide bonds. The monoisotopic (exact) mass is 246 g/mol. The van der Waals surface area contributed by atoms with Gasteiger partial charge in [0.2, 0.25) is 0 Å². The van der Waals surface area contributed by atoms with Crippen LogP contribution in [0, 0.1) is 5.92 Å². The van der Waals surface area contributed by atoms with Crippen LogP contribution >= 0.6 is 0 Å². The van der Waals surface area contributed by atoms with Crippen LogP contribution < -0.4 is 10.6 Å². The number of rotatable bonds is 4. The van der Waals surface area contributed by atoms with Crippen molar-refractivity contribution in [3.63, 3.8) is 0 Å². The zero-order valence-corrected chi connectivity index (χ0v) is 11.7. The molecule has 0 aliphatic carbocycles. The number of nitrogens with two attached hydrogens (primary N) is 1. The number of nitrogens with zero attached hydrogens (tertiary/aromatic N) is 1. The maximum Gasteiger partial charge on any atom is 0.0366 e. The van der Waals surface area contributed by atoms with E-state index in [0.29, 0.717) is 0 Å². The molecule has 1 atom stereocenters. The highest BCUT2D eigenvalue weighted by Gasteiger charge is 2.17. The lowest BCUT2D eigenvalue weighted by Gasteiger charge is -2.33. The average Bonchev–Trinajstić information content (AvgIpc) is 2.47. The van der Waals surface area contributed by atoms with Gasteiger partial charge in [-0.2, -0.15) is 0 Å². The fourth-order valence-electron chi connectivity index (χ4n) is 2.77. The molecule has 1 aromatic carbocycles. The van der Waals surface area contributed by atoms with E-state index in [9.17, 15) is 0 Å². The van der Waals surface area contributed by atoms with Crippen LogP contribution in [0.25, 0.3) is 0 Å². The highest BCUT2D eigenvalue weighted by molar-refractivity contribution is 5.48. The molecule has 100 valence electrons. The molecular weight excluding hydrogens is 220 g/mol. The largest absolute Gasteiger partial charge is 0.372 e. The van der Waals surface area contributed by atoms with Gasteiger partial charge in [0.1, 0.15) is 0 Å². The van der Waals surface area contributed by atoms with Crippen LogP contribution in [-0.4, -0.2) is 13.1 Å². The maximum atomic E-state index is 6.05. The van der Waals surface area contributed by atoms with Gasteiger partial charge in [-0.25, -0.2) is 0 Å². The third-order valence-electron chi connectivity index (χ3n) is 4.32. The Balaban J connectivity index is 1.98. The first-order valence-electron chi connectivity index (χ1n) is 7.35. The van der Waals surface area contributed by atoms with Gasteiger partial charge in [0.25, 0.3) is 0 Å². The van der Waals surface area contributed by atoms with Crippen LogP contribution in [0.1, 0.15) is 51.1 Å². The first-order valence-corrected chi connectivity index (χ1v) is 7.35. The summed E-state index contributed by atoms with van der Waals surface area (Å²) in [6.07, 6.45) is 5.01. The van der Waals surface area contributed by atoms with E-state index in [1.807, 2.05) is 0 Å². The standard InChI is InChI=1S/C16H26N2/c1-3-13-9-11-18(12-10-13)15-7-5-14(6-8-15)16(17)4-2/h5-8,13,16H,3-4,9-12,17H2,1-2H3. The fraction of sp³-hybridized carbons (Fsp3) is 0.625. The summed E-state index contributed by atoms with van der Waals surface area (Å²) in [4.78, 5) is 2.51. The van der Waals surface area contributed by atoms with Gasteiger partial charge in [0.15, 0.2) is 0 Å². The van der Waals surface area contributed by atoms with Gasteiger partial charge >= 0.3 is 0 Å². The maximum absolute atomic E-state index is 6.05. The molecule has 0 bridgehead atoms. The molecule has 0 aromatic heterocycles. The fourth-order valence-corrected chi connectivity index (χ4v) is 2.77. The summed E-state index contributed by atoms with van der Waals surface area (Å²) >= 11 is 0. The van der Waals surface area contributed by atoms with Crippen molar-refractivity contribution in [2.75, 3.05) is 18.0 Å². The van der Waals surface area contributed by atoms with Crippen LogP contribution in [0.4, 0.5) is 5.69 Å². The van der Waals surface area contributed by atoms with Crippen LogP contribution in [0.5, 0.6) is 0 Å². The number of anilines is 1. The summed E-state index contributed by atoms with van der Waals surface area (Å²) in [5.41, 5.74) is 8.66. The molecule has 2 nitrogen and oxygen atoms in total. The third-order valence-corrected chi connectivity index (χ3v) is 4.32. The lowest BCUT2D eigenvalue weighted by atomic mass is 9.94. The molecule has 18 heavy (non-hydrogen) atoms. The van der Waals surface area contributed by atoms with E-state index >= 15 is 0 Å². The lowest BCUT2D eigenvalue weighted by Crippen LogP contribution is -2.33. The SMILES string of the molecule is CCC1CCN(c2ccc(C(N)CC)cc2)CC1. The minimum absolute atomic E-state index is 0.185. The second-order valence-electron chi connectivity index (χ2n) is 5.44. The van der Waals surface area contributed by atoms with E-state index in [-0.39, 0.29) is 6.04 Å². The van der Waals surface area contributed by atoms with Crippen LogP contribution in [0.15, 0.2) is 24.3 Å². The summed E-state index contributed by atoms with van der Waals surface area (Å²) in [7, 11) is 0. The van der Waals surface area contributed by atoms with Crippen molar-refractivity contribution in [2.45, 2.75) is 45.6 Å². The van der Waals surface area contributed by atoms with E-state index in [1.54, 1.807) is 0 Å². The van der Waals surface area contributed by atoms with Gasteiger partial charge in [0, 0.05) is 24.8 Å². The summed E-state index contributed by atoms with van der Waals surface area (Å²) in [6, 6.07) is 9.03. The normalized spacial score (nSPS) is 18.9. The van der Waals surface area contributed by atoms with Crippen molar-refractivity contribution >= 4 is 5.69 Å². The zero-order chi connectivity index (χ0) is 13.0. The second kappa shape index (κ2) is 6.24. The number of hydrogen-bond donors (Lipinski definition) is 1. The molecule has 1 unspecified atom stereocenters. The Bertz CT molecular complexity index is 350. The molecule has 2 N–H and O–H groups in total. The van der Waals surface area contributed by atoms with Crippen molar-refractivity contribution in [3.05, 3.63) is 29.8 Å². The summed E-state index contributed by atoms with van der Waals surface area (Å²) in [5.74, 6) is 0.939. The molecule has 1 saturated heterocycles. The van der Waals surface area contributed by atoms with Gasteiger partial charge in [-0.15, -0.1) is 0 Å². The van der Waals surface area contributed by atoms with Gasteiger partial charge in [-0.05, 0) is 42.9 Å². The quantitative estimate of drug-likeness (QED) is 0.877. The van der Waals surface area contributed by atoms with E-state index in [0.717, 1.165) is 12.3 Å². The van der Waals surface area contributed by atoms with E-state index in [2.05, 4.69) is 43.0 Å². The third kappa shape index (κ3) is 3.05. The highest BCUT2D eigenvalue weighted by Crippen LogP contribution is 2.26. The van der Waals surface area contributed by atoms with E-state index in [4.69, 9.17) is 5.73 Å². The Morgan fingerprint density at radius 3 is 2.28 bits per heavy atom. The molecule has 1 fully saturated rings. The highest BCUT2D eigenvalue weighted by atomic mass is 15.1. The average molecular weight is 246 g/mol. The van der Waals surface area contributed by atoms with Gasteiger partial charge < -0.3 is 10.6 Å². The van der Waals surface area contributed by atoms with Crippen molar-refractivity contribution < 1.29 is 0 Å². The molecule has 2 rings (SSSR count). The Kier molecular flexibility index (Phi) is 4.65. The smallest absolute Gasteiger partial charge is 0.0366 e. The van der Waals surface area contributed by atoms with E-state index in [1.165, 1.54) is 43.6 Å². The molecule has 1 heterocycles. The minimum atomic E-state index is 0.185. The lowest BCUT2D eigenvalue weighted by molar-refractivity contribution is 0.395. The molecule has 0 saturated carbocycles. The molecule has 0 spiro atoms. The molecule has 1 aliphatic heterocycles. The number of piperidine rings is 1. The predicted octanol–water partition coefficient (Wildman–Crippen LogP) is 3.72. The Morgan fingerprint density at radius 2 is 1.78 bits per heavy atom. The van der Waals surface area contributed by atoms with E-state index < -0.39 is 0 Å². The number of hydrogen-bond acceptors (Lipinski definition) is 2. The first-order chi connectivity index (χ1) is 8.74. The molecule has 0 radical (unpaired) electrons. The van der Waals surface area contributed by atoms with Crippen LogP contribution in [-0.2, 0) is 0 Å². The molecular formula is C16H26N2. The Morgan fingerprint density at radius 1 is 1.17 bits per heavy atom.